The lowest BCUT2D eigenvalue weighted by molar-refractivity contribution is -0.134. The second kappa shape index (κ2) is 4.61. The third kappa shape index (κ3) is 2.44. The van der Waals surface area contributed by atoms with E-state index < -0.39 is 0 Å². The third-order valence-electron chi connectivity index (χ3n) is 2.90. The van der Waals surface area contributed by atoms with E-state index in [1.165, 1.54) is 0 Å². The van der Waals surface area contributed by atoms with Gasteiger partial charge >= 0.3 is 0 Å². The molecule has 0 aromatic heterocycles. The van der Waals surface area contributed by atoms with Gasteiger partial charge in [0.1, 0.15) is 0 Å². The van der Waals surface area contributed by atoms with Gasteiger partial charge in [0, 0.05) is 25.0 Å². The van der Waals surface area contributed by atoms with E-state index in [9.17, 15) is 4.79 Å². The van der Waals surface area contributed by atoms with Crippen LogP contribution >= 0.6 is 0 Å². The molecule has 3 nitrogen and oxygen atoms in total. The van der Waals surface area contributed by atoms with Crippen LogP contribution < -0.4 is 5.73 Å². The average molecular weight is 184 g/mol. The lowest BCUT2D eigenvalue weighted by atomic mass is 10.1. The molecule has 0 radical (unpaired) electrons. The number of nitrogens with zero attached hydrogens (tertiary/aromatic N) is 1. The number of hydrogen-bond acceptors (Lipinski definition) is 2. The molecule has 0 heterocycles. The molecule has 0 bridgehead atoms. The molecule has 1 aliphatic rings. The Hall–Kier alpha value is -0.570. The number of carbonyl (C=O) groups excluding carboxylic acids is 1. The molecule has 0 saturated heterocycles. The van der Waals surface area contributed by atoms with Crippen LogP contribution in [0.5, 0.6) is 0 Å². The Balaban J connectivity index is 2.47. The summed E-state index contributed by atoms with van der Waals surface area (Å²) >= 11 is 0. The molecular formula is C10H20N2O. The second-order valence-electron chi connectivity index (χ2n) is 3.78. The lowest BCUT2D eigenvalue weighted by Crippen LogP contribution is -2.35. The first-order chi connectivity index (χ1) is 6.19. The number of carbonyl (C=O) groups is 1. The summed E-state index contributed by atoms with van der Waals surface area (Å²) < 4.78 is 0. The molecule has 3 heteroatoms. The van der Waals surface area contributed by atoms with Crippen LogP contribution in [0.25, 0.3) is 0 Å². The zero-order valence-corrected chi connectivity index (χ0v) is 8.62. The highest BCUT2D eigenvalue weighted by Crippen LogP contribution is 2.25. The third-order valence-corrected chi connectivity index (χ3v) is 2.90. The van der Waals surface area contributed by atoms with Crippen LogP contribution in [0.1, 0.15) is 33.1 Å². The van der Waals surface area contributed by atoms with Crippen molar-refractivity contribution in [2.75, 3.05) is 13.1 Å². The zero-order chi connectivity index (χ0) is 9.84. The number of hydrogen-bond donors (Lipinski definition) is 1. The normalized spacial score (nSPS) is 27.6. The van der Waals surface area contributed by atoms with Crippen molar-refractivity contribution < 1.29 is 4.79 Å². The van der Waals surface area contributed by atoms with Crippen molar-refractivity contribution in [1.82, 2.24) is 4.90 Å². The molecular weight excluding hydrogens is 164 g/mol. The maximum atomic E-state index is 11.8. The standard InChI is InChI=1S/C10H20N2O/c1-3-12(4-2)10(13)8-5-6-9(11)7-8/h8-9H,3-7,11H2,1-2H3. The molecule has 0 spiro atoms. The minimum atomic E-state index is 0.204. The predicted octanol–water partition coefficient (Wildman–Crippen LogP) is 0.982. The monoisotopic (exact) mass is 184 g/mol. The highest BCUT2D eigenvalue weighted by Gasteiger charge is 2.29. The molecule has 0 aromatic rings. The lowest BCUT2D eigenvalue weighted by Gasteiger charge is -2.22. The molecule has 0 aromatic carbocycles. The fourth-order valence-corrected chi connectivity index (χ4v) is 2.03. The van der Waals surface area contributed by atoms with Gasteiger partial charge in [-0.2, -0.15) is 0 Å². The van der Waals surface area contributed by atoms with Crippen LogP contribution in [0.3, 0.4) is 0 Å². The van der Waals surface area contributed by atoms with Crippen LogP contribution in [-0.4, -0.2) is 29.9 Å². The van der Waals surface area contributed by atoms with Gasteiger partial charge in [0.05, 0.1) is 0 Å². The van der Waals surface area contributed by atoms with E-state index in [-0.39, 0.29) is 12.0 Å². The molecule has 1 fully saturated rings. The first kappa shape index (κ1) is 10.5. The minimum absolute atomic E-state index is 0.204. The van der Waals surface area contributed by atoms with Crippen molar-refractivity contribution >= 4 is 5.91 Å². The van der Waals surface area contributed by atoms with Crippen molar-refractivity contribution in [3.05, 3.63) is 0 Å². The van der Waals surface area contributed by atoms with Crippen molar-refractivity contribution in [3.63, 3.8) is 0 Å². The quantitative estimate of drug-likeness (QED) is 0.710. The Morgan fingerprint density at radius 3 is 2.38 bits per heavy atom. The summed E-state index contributed by atoms with van der Waals surface area (Å²) in [7, 11) is 0. The topological polar surface area (TPSA) is 46.3 Å². The van der Waals surface area contributed by atoms with Crippen LogP contribution in [-0.2, 0) is 4.79 Å². The van der Waals surface area contributed by atoms with Gasteiger partial charge in [-0.1, -0.05) is 0 Å². The van der Waals surface area contributed by atoms with Crippen LogP contribution in [0.4, 0.5) is 0 Å². The largest absolute Gasteiger partial charge is 0.343 e. The molecule has 2 atom stereocenters. The summed E-state index contributed by atoms with van der Waals surface area (Å²) in [4.78, 5) is 13.7. The van der Waals surface area contributed by atoms with E-state index in [0.717, 1.165) is 32.4 Å². The zero-order valence-electron chi connectivity index (χ0n) is 8.62. The summed E-state index contributed by atoms with van der Waals surface area (Å²) in [6.45, 7) is 5.69. The van der Waals surface area contributed by atoms with Gasteiger partial charge in [0.25, 0.3) is 0 Å². The fourth-order valence-electron chi connectivity index (χ4n) is 2.03. The highest BCUT2D eigenvalue weighted by atomic mass is 16.2. The minimum Gasteiger partial charge on any atom is -0.343 e. The first-order valence-corrected chi connectivity index (χ1v) is 5.23. The van der Waals surface area contributed by atoms with Crippen molar-refractivity contribution in [2.45, 2.75) is 39.2 Å². The summed E-state index contributed by atoms with van der Waals surface area (Å²) in [6.07, 6.45) is 2.88. The van der Waals surface area contributed by atoms with E-state index in [2.05, 4.69) is 0 Å². The molecule has 76 valence electrons. The van der Waals surface area contributed by atoms with E-state index in [4.69, 9.17) is 5.73 Å². The van der Waals surface area contributed by atoms with Crippen LogP contribution in [0.2, 0.25) is 0 Å². The smallest absolute Gasteiger partial charge is 0.225 e. The van der Waals surface area contributed by atoms with E-state index in [1.807, 2.05) is 18.7 Å². The molecule has 0 aliphatic heterocycles. The Morgan fingerprint density at radius 2 is 2.00 bits per heavy atom. The van der Waals surface area contributed by atoms with Crippen molar-refractivity contribution in [3.8, 4) is 0 Å². The van der Waals surface area contributed by atoms with Gasteiger partial charge < -0.3 is 10.6 Å². The van der Waals surface area contributed by atoms with Crippen molar-refractivity contribution in [1.29, 1.82) is 0 Å². The average Bonchev–Trinajstić information content (AvgIpc) is 2.54. The molecule has 2 unspecified atom stereocenters. The Morgan fingerprint density at radius 1 is 1.38 bits per heavy atom. The summed E-state index contributed by atoms with van der Waals surface area (Å²) in [5, 5.41) is 0. The number of nitrogens with two attached hydrogens (primary N) is 1. The maximum absolute atomic E-state index is 11.8. The SMILES string of the molecule is CCN(CC)C(=O)C1CCC(N)C1. The summed E-state index contributed by atoms with van der Waals surface area (Å²) in [5.41, 5.74) is 5.78. The Bertz CT molecular complexity index is 178. The predicted molar refractivity (Wildman–Crippen MR) is 53.2 cm³/mol. The number of amides is 1. The molecule has 1 aliphatic carbocycles. The Kier molecular flexibility index (Phi) is 3.72. The molecule has 1 saturated carbocycles. The summed E-state index contributed by atoms with van der Waals surface area (Å²) in [6, 6.07) is 0.254. The molecule has 1 rings (SSSR count). The molecule has 1 amide bonds. The molecule has 13 heavy (non-hydrogen) atoms. The van der Waals surface area contributed by atoms with Crippen molar-refractivity contribution in [2.24, 2.45) is 11.7 Å². The van der Waals surface area contributed by atoms with Crippen LogP contribution in [0.15, 0.2) is 0 Å². The second-order valence-corrected chi connectivity index (χ2v) is 3.78. The Labute approximate surface area is 80.3 Å². The van der Waals surface area contributed by atoms with Gasteiger partial charge in [0.15, 0.2) is 0 Å². The first-order valence-electron chi connectivity index (χ1n) is 5.23. The van der Waals surface area contributed by atoms with E-state index in [0.29, 0.717) is 5.91 Å². The van der Waals surface area contributed by atoms with Gasteiger partial charge in [0.2, 0.25) is 5.91 Å². The maximum Gasteiger partial charge on any atom is 0.225 e. The number of rotatable bonds is 3. The van der Waals surface area contributed by atoms with Gasteiger partial charge in [-0.25, -0.2) is 0 Å². The van der Waals surface area contributed by atoms with E-state index in [1.54, 1.807) is 0 Å². The van der Waals surface area contributed by atoms with Gasteiger partial charge in [-0.15, -0.1) is 0 Å². The van der Waals surface area contributed by atoms with E-state index >= 15 is 0 Å². The van der Waals surface area contributed by atoms with Crippen LogP contribution in [0, 0.1) is 5.92 Å². The van der Waals surface area contributed by atoms with Gasteiger partial charge in [-0.05, 0) is 33.1 Å². The molecule has 2 N–H and O–H groups in total. The fraction of sp³-hybridized carbons (Fsp3) is 0.900. The highest BCUT2D eigenvalue weighted by molar-refractivity contribution is 5.79. The van der Waals surface area contributed by atoms with Gasteiger partial charge in [-0.3, -0.25) is 4.79 Å². The summed E-state index contributed by atoms with van der Waals surface area (Å²) in [5.74, 6) is 0.507.